The molecule has 200 valence electrons. The highest BCUT2D eigenvalue weighted by Gasteiger charge is 2.37. The summed E-state index contributed by atoms with van der Waals surface area (Å²) in [5.41, 5.74) is 12.6. The molecule has 2 aliphatic rings. The molecule has 0 bridgehead atoms. The van der Waals surface area contributed by atoms with E-state index in [1.807, 2.05) is 36.4 Å². The van der Waals surface area contributed by atoms with Crippen molar-refractivity contribution in [2.24, 2.45) is 0 Å². The lowest BCUT2D eigenvalue weighted by molar-refractivity contribution is 0.477. The number of para-hydroxylation sites is 5. The SMILES string of the molecule is CC1(C)c2cc(-c3ccc4oc5ccccc5c4c3)ccc2-c2ccc(N3c4ccccc4Oc4ccccc43)cc21. The minimum absolute atomic E-state index is 0.158. The van der Waals surface area contributed by atoms with Gasteiger partial charge in [-0.05, 0) is 94.0 Å². The molecular formula is C39H27NO2. The van der Waals surface area contributed by atoms with Gasteiger partial charge in [0.2, 0.25) is 0 Å². The third-order valence-corrected chi connectivity index (χ3v) is 9.06. The molecule has 42 heavy (non-hydrogen) atoms. The van der Waals surface area contributed by atoms with Gasteiger partial charge in [-0.1, -0.05) is 80.6 Å². The fraction of sp³-hybridized carbons (Fsp3) is 0.0769. The van der Waals surface area contributed by atoms with E-state index in [0.29, 0.717) is 0 Å². The van der Waals surface area contributed by atoms with Crippen LogP contribution in [0.2, 0.25) is 0 Å². The Morgan fingerprint density at radius 2 is 1.12 bits per heavy atom. The number of fused-ring (bicyclic) bond motifs is 8. The van der Waals surface area contributed by atoms with Crippen molar-refractivity contribution in [1.29, 1.82) is 0 Å². The first-order valence-electron chi connectivity index (χ1n) is 14.4. The molecule has 1 aromatic heterocycles. The van der Waals surface area contributed by atoms with Crippen LogP contribution in [0.5, 0.6) is 11.5 Å². The number of ether oxygens (including phenoxy) is 1. The summed E-state index contributed by atoms with van der Waals surface area (Å²) >= 11 is 0. The second-order valence-corrected chi connectivity index (χ2v) is 11.8. The van der Waals surface area contributed by atoms with Crippen LogP contribution >= 0.6 is 0 Å². The zero-order chi connectivity index (χ0) is 28.0. The minimum Gasteiger partial charge on any atom is -0.456 e. The Kier molecular flexibility index (Phi) is 4.67. The molecule has 1 aliphatic carbocycles. The van der Waals surface area contributed by atoms with Crippen molar-refractivity contribution in [3.63, 3.8) is 0 Å². The molecule has 0 saturated heterocycles. The third-order valence-electron chi connectivity index (χ3n) is 9.06. The molecule has 7 aromatic rings. The average Bonchev–Trinajstić information content (AvgIpc) is 3.51. The number of hydrogen-bond donors (Lipinski definition) is 0. The molecule has 6 aromatic carbocycles. The van der Waals surface area contributed by atoms with E-state index < -0.39 is 0 Å². The van der Waals surface area contributed by atoms with Gasteiger partial charge in [0, 0.05) is 21.9 Å². The van der Waals surface area contributed by atoms with E-state index in [0.717, 1.165) is 50.5 Å². The predicted octanol–water partition coefficient (Wildman–Crippen LogP) is 11.1. The van der Waals surface area contributed by atoms with Crippen LogP contribution in [0.4, 0.5) is 17.1 Å². The Labute approximate surface area is 244 Å². The van der Waals surface area contributed by atoms with Gasteiger partial charge >= 0.3 is 0 Å². The Morgan fingerprint density at radius 1 is 0.524 bits per heavy atom. The zero-order valence-corrected chi connectivity index (χ0v) is 23.4. The van der Waals surface area contributed by atoms with Crippen molar-refractivity contribution >= 4 is 39.0 Å². The first-order valence-corrected chi connectivity index (χ1v) is 14.4. The molecule has 3 nitrogen and oxygen atoms in total. The number of benzene rings is 6. The Morgan fingerprint density at radius 3 is 1.90 bits per heavy atom. The molecule has 0 radical (unpaired) electrons. The van der Waals surface area contributed by atoms with Gasteiger partial charge in [-0.25, -0.2) is 0 Å². The lowest BCUT2D eigenvalue weighted by Crippen LogP contribution is -2.18. The fourth-order valence-corrected chi connectivity index (χ4v) is 6.93. The maximum absolute atomic E-state index is 6.27. The minimum atomic E-state index is -0.158. The van der Waals surface area contributed by atoms with Crippen LogP contribution in [0.25, 0.3) is 44.2 Å². The van der Waals surface area contributed by atoms with Gasteiger partial charge in [-0.3, -0.25) is 0 Å². The van der Waals surface area contributed by atoms with E-state index >= 15 is 0 Å². The molecule has 3 heteroatoms. The summed E-state index contributed by atoms with van der Waals surface area (Å²) in [4.78, 5) is 2.32. The van der Waals surface area contributed by atoms with Gasteiger partial charge < -0.3 is 14.1 Å². The van der Waals surface area contributed by atoms with Gasteiger partial charge in [0.25, 0.3) is 0 Å². The second-order valence-electron chi connectivity index (χ2n) is 11.8. The fourth-order valence-electron chi connectivity index (χ4n) is 6.93. The van der Waals surface area contributed by atoms with Crippen LogP contribution in [0, 0.1) is 0 Å². The Balaban J connectivity index is 1.16. The summed E-state index contributed by atoms with van der Waals surface area (Å²) in [5.74, 6) is 1.73. The van der Waals surface area contributed by atoms with Crippen LogP contribution in [-0.4, -0.2) is 0 Å². The maximum atomic E-state index is 6.27. The predicted molar refractivity (Wildman–Crippen MR) is 171 cm³/mol. The number of rotatable bonds is 2. The first kappa shape index (κ1) is 23.4. The summed E-state index contributed by atoms with van der Waals surface area (Å²) in [6.45, 7) is 4.69. The van der Waals surface area contributed by atoms with Gasteiger partial charge in [-0.2, -0.15) is 0 Å². The molecule has 0 fully saturated rings. The highest BCUT2D eigenvalue weighted by atomic mass is 16.5. The van der Waals surface area contributed by atoms with Crippen molar-refractivity contribution in [1.82, 2.24) is 0 Å². The van der Waals surface area contributed by atoms with E-state index in [2.05, 4.69) is 110 Å². The van der Waals surface area contributed by atoms with E-state index in [-0.39, 0.29) is 5.41 Å². The van der Waals surface area contributed by atoms with Crippen molar-refractivity contribution in [2.45, 2.75) is 19.3 Å². The van der Waals surface area contributed by atoms with Gasteiger partial charge in [0.15, 0.2) is 11.5 Å². The van der Waals surface area contributed by atoms with Gasteiger partial charge in [0.1, 0.15) is 11.2 Å². The van der Waals surface area contributed by atoms with Crippen LogP contribution < -0.4 is 9.64 Å². The monoisotopic (exact) mass is 541 g/mol. The molecule has 0 amide bonds. The standard InChI is InChI=1S/C39H27NO2/c1-39(2)31-22-25(24-16-20-36-30(21-24)29-9-3-6-12-35(29)41-36)15-18-27(31)28-19-17-26(23-32(28)39)40-33-10-4-7-13-37(33)42-38-14-8-5-11-34(38)40/h3-23H,1-2H3. The summed E-state index contributed by atoms with van der Waals surface area (Å²) in [6.07, 6.45) is 0. The van der Waals surface area contributed by atoms with Crippen molar-refractivity contribution in [2.75, 3.05) is 4.90 Å². The number of nitrogens with zero attached hydrogens (tertiary/aromatic N) is 1. The smallest absolute Gasteiger partial charge is 0.151 e. The average molecular weight is 542 g/mol. The molecule has 2 heterocycles. The van der Waals surface area contributed by atoms with Crippen LogP contribution in [-0.2, 0) is 5.41 Å². The Bertz CT molecular complexity index is 2180. The highest BCUT2D eigenvalue weighted by molar-refractivity contribution is 6.06. The quantitative estimate of drug-likeness (QED) is 0.218. The van der Waals surface area contributed by atoms with Crippen LogP contribution in [0.15, 0.2) is 132 Å². The number of anilines is 3. The first-order chi connectivity index (χ1) is 20.6. The molecule has 0 unspecified atom stereocenters. The maximum Gasteiger partial charge on any atom is 0.151 e. The lowest BCUT2D eigenvalue weighted by atomic mass is 9.81. The van der Waals surface area contributed by atoms with Crippen LogP contribution in [0.1, 0.15) is 25.0 Å². The molecule has 0 spiro atoms. The Hall–Kier alpha value is -5.28. The largest absolute Gasteiger partial charge is 0.456 e. The van der Waals surface area contributed by atoms with Crippen molar-refractivity contribution in [3.05, 3.63) is 139 Å². The second kappa shape index (κ2) is 8.37. The summed E-state index contributed by atoms with van der Waals surface area (Å²) in [5, 5.41) is 2.31. The summed E-state index contributed by atoms with van der Waals surface area (Å²) in [7, 11) is 0. The van der Waals surface area contributed by atoms with E-state index in [1.54, 1.807) is 0 Å². The van der Waals surface area contributed by atoms with Gasteiger partial charge in [0.05, 0.1) is 11.4 Å². The van der Waals surface area contributed by atoms with Crippen molar-refractivity contribution < 1.29 is 9.15 Å². The van der Waals surface area contributed by atoms with Gasteiger partial charge in [-0.15, -0.1) is 0 Å². The third kappa shape index (κ3) is 3.22. The summed E-state index contributed by atoms with van der Waals surface area (Å²) < 4.78 is 12.4. The highest BCUT2D eigenvalue weighted by Crippen LogP contribution is 2.54. The number of hydrogen-bond acceptors (Lipinski definition) is 3. The van der Waals surface area contributed by atoms with E-state index in [1.165, 1.54) is 33.4 Å². The summed E-state index contributed by atoms with van der Waals surface area (Å²) in [6, 6.07) is 45.2. The molecular weight excluding hydrogens is 514 g/mol. The normalized spacial score (nSPS) is 14.3. The van der Waals surface area contributed by atoms with E-state index in [4.69, 9.17) is 9.15 Å². The molecule has 9 rings (SSSR count). The topological polar surface area (TPSA) is 25.6 Å². The van der Waals surface area contributed by atoms with Crippen LogP contribution in [0.3, 0.4) is 0 Å². The zero-order valence-electron chi connectivity index (χ0n) is 23.4. The van der Waals surface area contributed by atoms with E-state index in [9.17, 15) is 0 Å². The number of furan rings is 1. The molecule has 1 aliphatic heterocycles. The molecule has 0 atom stereocenters. The molecule has 0 N–H and O–H groups in total. The molecule has 0 saturated carbocycles. The van der Waals surface area contributed by atoms with Crippen molar-refractivity contribution in [3.8, 4) is 33.8 Å². The lowest BCUT2D eigenvalue weighted by Gasteiger charge is -2.33.